The summed E-state index contributed by atoms with van der Waals surface area (Å²) in [4.78, 5) is 17.8. The number of benzene rings is 2. The number of piperazine rings is 1. The second-order valence-corrected chi connectivity index (χ2v) is 9.96. The van der Waals surface area contributed by atoms with Crippen molar-refractivity contribution in [2.24, 2.45) is 4.99 Å². The molecule has 164 valence electrons. The van der Waals surface area contributed by atoms with Crippen LogP contribution in [0, 0.1) is 0 Å². The third-order valence-corrected chi connectivity index (χ3v) is 7.69. The molecule has 31 heavy (non-hydrogen) atoms. The average Bonchev–Trinajstić information content (AvgIpc) is 3.14. The minimum atomic E-state index is 1.05. The first kappa shape index (κ1) is 21.0. The van der Waals surface area contributed by atoms with Crippen molar-refractivity contribution in [1.82, 2.24) is 19.6 Å². The fourth-order valence-electron chi connectivity index (χ4n) is 4.74. The number of para-hydroxylation sites is 1. The Bertz CT molecular complexity index is 922. The molecule has 2 saturated heterocycles. The molecule has 0 spiro atoms. The lowest BCUT2D eigenvalue weighted by molar-refractivity contribution is 0.176. The van der Waals surface area contributed by atoms with Crippen molar-refractivity contribution in [1.29, 1.82) is 0 Å². The molecule has 5 nitrogen and oxygen atoms in total. The minimum Gasteiger partial charge on any atom is -0.354 e. The maximum Gasteiger partial charge on any atom is 0.137 e. The maximum absolute atomic E-state index is 5.15. The standard InChI is InChI=1S/C25H33N5S/c1-27-14-15-29(20-27)13-7-6-12-28-16-18-30(19-17-28)25-21-8-2-4-10-23(21)31-24-11-5-3-9-22(24)26-25/h2-5,8-11H,6-7,12-20H2,1H3. The molecule has 0 atom stereocenters. The number of rotatable bonds is 5. The molecule has 6 heteroatoms. The average molecular weight is 436 g/mol. The zero-order valence-corrected chi connectivity index (χ0v) is 19.4. The van der Waals surface area contributed by atoms with Crippen molar-refractivity contribution < 1.29 is 0 Å². The number of hydrogen-bond donors (Lipinski definition) is 0. The van der Waals surface area contributed by atoms with Crippen LogP contribution in [0.25, 0.3) is 0 Å². The monoisotopic (exact) mass is 435 g/mol. The molecule has 0 aromatic heterocycles. The number of amidine groups is 1. The third-order valence-electron chi connectivity index (χ3n) is 6.55. The van der Waals surface area contributed by atoms with Crippen LogP contribution >= 0.6 is 11.8 Å². The van der Waals surface area contributed by atoms with Gasteiger partial charge in [-0.3, -0.25) is 14.7 Å². The number of likely N-dealkylation sites (N-methyl/N-ethyl adjacent to an activating group) is 1. The third kappa shape index (κ3) is 4.98. The lowest BCUT2D eigenvalue weighted by atomic mass is 10.1. The molecule has 0 saturated carbocycles. The molecule has 2 fully saturated rings. The Hall–Kier alpha value is -1.86. The predicted octanol–water partition coefficient (Wildman–Crippen LogP) is 3.83. The van der Waals surface area contributed by atoms with Crippen LogP contribution in [0.5, 0.6) is 0 Å². The number of nitrogens with zero attached hydrogens (tertiary/aromatic N) is 5. The first-order valence-electron chi connectivity index (χ1n) is 11.6. The van der Waals surface area contributed by atoms with Crippen molar-refractivity contribution in [2.75, 3.05) is 66.1 Å². The van der Waals surface area contributed by atoms with Crippen molar-refractivity contribution in [3.63, 3.8) is 0 Å². The lowest BCUT2D eigenvalue weighted by Crippen LogP contribution is -2.49. The maximum atomic E-state index is 5.15. The van der Waals surface area contributed by atoms with E-state index < -0.39 is 0 Å². The number of unbranched alkanes of at least 4 members (excludes halogenated alkanes) is 1. The highest BCUT2D eigenvalue weighted by Gasteiger charge is 2.25. The Balaban J connectivity index is 1.19. The van der Waals surface area contributed by atoms with Crippen LogP contribution in [0.4, 0.5) is 5.69 Å². The minimum absolute atomic E-state index is 1.05. The number of hydrogen-bond acceptors (Lipinski definition) is 6. The van der Waals surface area contributed by atoms with Crippen LogP contribution in [0.2, 0.25) is 0 Å². The van der Waals surface area contributed by atoms with Crippen molar-refractivity contribution in [3.05, 3.63) is 54.1 Å². The second-order valence-electron chi connectivity index (χ2n) is 8.88. The van der Waals surface area contributed by atoms with Crippen LogP contribution in [0.3, 0.4) is 0 Å². The molecule has 0 aliphatic carbocycles. The summed E-state index contributed by atoms with van der Waals surface area (Å²) < 4.78 is 0. The molecule has 2 aromatic carbocycles. The Morgan fingerprint density at radius 3 is 2.23 bits per heavy atom. The summed E-state index contributed by atoms with van der Waals surface area (Å²) in [7, 11) is 2.22. The van der Waals surface area contributed by atoms with Crippen LogP contribution < -0.4 is 0 Å². The molecular weight excluding hydrogens is 402 g/mol. The molecule has 5 rings (SSSR count). The van der Waals surface area contributed by atoms with Gasteiger partial charge >= 0.3 is 0 Å². The summed E-state index contributed by atoms with van der Waals surface area (Å²) >= 11 is 1.84. The molecule has 3 heterocycles. The van der Waals surface area contributed by atoms with Crippen molar-refractivity contribution in [2.45, 2.75) is 22.6 Å². The van der Waals surface area contributed by atoms with E-state index in [1.54, 1.807) is 0 Å². The largest absolute Gasteiger partial charge is 0.354 e. The Morgan fingerprint density at radius 2 is 1.45 bits per heavy atom. The SMILES string of the molecule is CN1CCN(CCCCN2CCN(C3=Nc4ccccc4Sc4ccccc43)CC2)C1. The molecule has 0 amide bonds. The lowest BCUT2D eigenvalue weighted by Gasteiger charge is -2.36. The molecule has 3 aliphatic heterocycles. The normalized spacial score (nSPS) is 20.3. The summed E-state index contributed by atoms with van der Waals surface area (Å²) in [5.74, 6) is 1.14. The first-order valence-corrected chi connectivity index (χ1v) is 12.4. The quantitative estimate of drug-likeness (QED) is 0.665. The molecular formula is C25H33N5S. The fourth-order valence-corrected chi connectivity index (χ4v) is 5.76. The van der Waals surface area contributed by atoms with Gasteiger partial charge in [-0.2, -0.15) is 0 Å². The van der Waals surface area contributed by atoms with Gasteiger partial charge in [0.2, 0.25) is 0 Å². The zero-order valence-electron chi connectivity index (χ0n) is 18.5. The summed E-state index contributed by atoms with van der Waals surface area (Å²) in [6.07, 6.45) is 2.61. The Kier molecular flexibility index (Phi) is 6.60. The van der Waals surface area contributed by atoms with E-state index >= 15 is 0 Å². The van der Waals surface area contributed by atoms with E-state index in [0.29, 0.717) is 0 Å². The van der Waals surface area contributed by atoms with Crippen molar-refractivity contribution >= 4 is 23.3 Å². The van der Waals surface area contributed by atoms with E-state index in [9.17, 15) is 0 Å². The van der Waals surface area contributed by atoms with Gasteiger partial charge in [-0.25, -0.2) is 4.99 Å². The van der Waals surface area contributed by atoms with E-state index in [1.165, 1.54) is 54.4 Å². The van der Waals surface area contributed by atoms with Gasteiger partial charge in [0.1, 0.15) is 5.84 Å². The highest BCUT2D eigenvalue weighted by atomic mass is 32.2. The second kappa shape index (κ2) is 9.74. The van der Waals surface area contributed by atoms with Crippen molar-refractivity contribution in [3.8, 4) is 0 Å². The number of fused-ring (bicyclic) bond motifs is 2. The molecule has 2 aromatic rings. The Morgan fingerprint density at radius 1 is 0.774 bits per heavy atom. The number of aliphatic imine (C=N–C) groups is 1. The van der Waals surface area contributed by atoms with Crippen LogP contribution in [0.1, 0.15) is 18.4 Å². The van der Waals surface area contributed by atoms with Crippen LogP contribution in [-0.4, -0.2) is 91.5 Å². The summed E-state index contributed by atoms with van der Waals surface area (Å²) in [5, 5.41) is 0. The van der Waals surface area contributed by atoms with Crippen LogP contribution in [0.15, 0.2) is 63.3 Å². The zero-order chi connectivity index (χ0) is 21.0. The van der Waals surface area contributed by atoms with Gasteiger partial charge in [-0.05, 0) is 51.2 Å². The van der Waals surface area contributed by atoms with E-state index in [2.05, 4.69) is 75.2 Å². The van der Waals surface area contributed by atoms with E-state index in [4.69, 9.17) is 4.99 Å². The molecule has 0 N–H and O–H groups in total. The van der Waals surface area contributed by atoms with Gasteiger partial charge in [0.15, 0.2) is 0 Å². The van der Waals surface area contributed by atoms with E-state index in [0.717, 1.165) is 44.4 Å². The highest BCUT2D eigenvalue weighted by Crippen LogP contribution is 2.40. The summed E-state index contributed by atoms with van der Waals surface area (Å²) in [6.45, 7) is 10.4. The summed E-state index contributed by atoms with van der Waals surface area (Å²) in [5.41, 5.74) is 2.36. The van der Waals surface area contributed by atoms with Gasteiger partial charge < -0.3 is 4.90 Å². The van der Waals surface area contributed by atoms with E-state index in [1.807, 2.05) is 11.8 Å². The Labute approximate surface area is 190 Å². The highest BCUT2D eigenvalue weighted by molar-refractivity contribution is 7.99. The molecule has 3 aliphatic rings. The molecule has 0 radical (unpaired) electrons. The van der Waals surface area contributed by atoms with Gasteiger partial charge in [0, 0.05) is 54.6 Å². The molecule has 0 unspecified atom stereocenters. The summed E-state index contributed by atoms with van der Waals surface area (Å²) in [6, 6.07) is 17.3. The van der Waals surface area contributed by atoms with Gasteiger partial charge in [-0.1, -0.05) is 42.1 Å². The van der Waals surface area contributed by atoms with E-state index in [-0.39, 0.29) is 0 Å². The van der Waals surface area contributed by atoms with Gasteiger partial charge in [-0.15, -0.1) is 0 Å². The van der Waals surface area contributed by atoms with Crippen LogP contribution in [-0.2, 0) is 0 Å². The van der Waals surface area contributed by atoms with Gasteiger partial charge in [0.25, 0.3) is 0 Å². The van der Waals surface area contributed by atoms with Gasteiger partial charge in [0.05, 0.1) is 12.4 Å². The first-order chi connectivity index (χ1) is 15.3. The topological polar surface area (TPSA) is 25.3 Å². The predicted molar refractivity (Wildman–Crippen MR) is 130 cm³/mol. The fraction of sp³-hybridized carbons (Fsp3) is 0.480. The molecule has 0 bridgehead atoms. The smallest absolute Gasteiger partial charge is 0.137 e.